The largest absolute Gasteiger partial charge is 0.444 e. The van der Waals surface area contributed by atoms with Gasteiger partial charge in [0.15, 0.2) is 11.6 Å². The van der Waals surface area contributed by atoms with E-state index in [1.54, 1.807) is 67.4 Å². The van der Waals surface area contributed by atoms with Crippen molar-refractivity contribution in [1.82, 2.24) is 19.7 Å². The van der Waals surface area contributed by atoms with Gasteiger partial charge >= 0.3 is 6.09 Å². The van der Waals surface area contributed by atoms with E-state index in [1.165, 1.54) is 10.7 Å². The maximum Gasteiger partial charge on any atom is 0.410 e. The lowest BCUT2D eigenvalue weighted by Gasteiger charge is -2.36. The Balaban J connectivity index is 1.52. The van der Waals surface area contributed by atoms with Gasteiger partial charge in [0.25, 0.3) is 0 Å². The number of anilines is 1. The molecule has 1 fully saturated rings. The molecular weight excluding hydrogens is 496 g/mol. The van der Waals surface area contributed by atoms with Crippen molar-refractivity contribution < 1.29 is 18.3 Å². The average Bonchev–Trinajstić information content (AvgIpc) is 3.16. The second kappa shape index (κ2) is 9.09. The summed E-state index contributed by atoms with van der Waals surface area (Å²) in [5.41, 5.74) is 0.971. The smallest absolute Gasteiger partial charge is 0.410 e. The highest BCUT2D eigenvalue weighted by atomic mass is 79.9. The second-order valence-corrected chi connectivity index (χ2v) is 9.55. The lowest BCUT2D eigenvalue weighted by Crippen LogP contribution is -2.50. The van der Waals surface area contributed by atoms with Gasteiger partial charge in [-0.15, -0.1) is 0 Å². The fraction of sp³-hybridized carbons (Fsp3) is 0.348. The van der Waals surface area contributed by atoms with Crippen molar-refractivity contribution in [3.05, 3.63) is 59.0 Å². The average molecular weight is 520 g/mol. The van der Waals surface area contributed by atoms with E-state index in [0.717, 1.165) is 5.56 Å². The number of carbonyl (C=O) groups excluding carboxylic acids is 1. The number of aromatic nitrogens is 3. The summed E-state index contributed by atoms with van der Waals surface area (Å²) < 4.78 is 37.5. The van der Waals surface area contributed by atoms with E-state index in [9.17, 15) is 4.79 Å². The molecule has 0 spiro atoms. The lowest BCUT2D eigenvalue weighted by atomic mass is 10.2. The Morgan fingerprint density at radius 2 is 1.61 bits per heavy atom. The van der Waals surface area contributed by atoms with Gasteiger partial charge in [-0.2, -0.15) is 5.10 Å². The maximum atomic E-state index is 15.1. The normalized spacial score (nSPS) is 14.5. The van der Waals surface area contributed by atoms with Crippen LogP contribution in [0.4, 0.5) is 19.3 Å². The van der Waals surface area contributed by atoms with Crippen molar-refractivity contribution in [1.29, 1.82) is 0 Å². The summed E-state index contributed by atoms with van der Waals surface area (Å²) in [5, 5.41) is 4.42. The van der Waals surface area contributed by atoms with E-state index in [2.05, 4.69) is 26.0 Å². The van der Waals surface area contributed by atoms with Gasteiger partial charge in [0, 0.05) is 50.3 Å². The fourth-order valence-corrected chi connectivity index (χ4v) is 4.09. The zero-order chi connectivity index (χ0) is 23.8. The molecule has 1 aliphatic rings. The number of ether oxygens (including phenoxy) is 1. The summed E-state index contributed by atoms with van der Waals surface area (Å²) in [6.45, 7) is 6.87. The minimum Gasteiger partial charge on any atom is -0.444 e. The Morgan fingerprint density at radius 1 is 1.00 bits per heavy atom. The highest BCUT2D eigenvalue weighted by Gasteiger charge is 2.28. The number of benzene rings is 1. The topological polar surface area (TPSA) is 63.5 Å². The number of amides is 1. The highest BCUT2D eigenvalue weighted by molar-refractivity contribution is 9.10. The first-order valence-corrected chi connectivity index (χ1v) is 11.3. The van der Waals surface area contributed by atoms with Gasteiger partial charge < -0.3 is 14.5 Å². The molecule has 1 aliphatic heterocycles. The number of rotatable bonds is 3. The molecule has 0 radical (unpaired) electrons. The van der Waals surface area contributed by atoms with Gasteiger partial charge in [0.2, 0.25) is 0 Å². The zero-order valence-corrected chi connectivity index (χ0v) is 20.1. The number of nitrogens with zero attached hydrogens (tertiary/aromatic N) is 5. The van der Waals surface area contributed by atoms with Crippen LogP contribution in [0.1, 0.15) is 20.8 Å². The Bertz CT molecular complexity index is 1160. The number of halogens is 3. The quantitative estimate of drug-likeness (QED) is 0.485. The molecule has 1 amide bonds. The maximum absolute atomic E-state index is 15.1. The van der Waals surface area contributed by atoms with E-state index in [-0.39, 0.29) is 11.4 Å². The third kappa shape index (κ3) is 5.00. The summed E-state index contributed by atoms with van der Waals surface area (Å²) in [6, 6.07) is 6.62. The molecule has 0 bridgehead atoms. The Kier molecular flexibility index (Phi) is 6.38. The summed E-state index contributed by atoms with van der Waals surface area (Å²) in [4.78, 5) is 19.5. The number of carbonyl (C=O) groups is 1. The van der Waals surface area contributed by atoms with Crippen LogP contribution in [0.3, 0.4) is 0 Å². The van der Waals surface area contributed by atoms with Crippen molar-refractivity contribution in [3.63, 3.8) is 0 Å². The molecule has 0 N–H and O–H groups in total. The van der Waals surface area contributed by atoms with Gasteiger partial charge in [0.05, 0.1) is 10.2 Å². The molecule has 3 heterocycles. The molecule has 0 unspecified atom stereocenters. The van der Waals surface area contributed by atoms with Gasteiger partial charge in [-0.05, 0) is 61.0 Å². The molecule has 0 saturated carbocycles. The van der Waals surface area contributed by atoms with Crippen molar-refractivity contribution in [2.24, 2.45) is 0 Å². The van der Waals surface area contributed by atoms with Crippen molar-refractivity contribution in [3.8, 4) is 16.9 Å². The van der Waals surface area contributed by atoms with Crippen LogP contribution in [0, 0.1) is 11.6 Å². The third-order valence-electron chi connectivity index (χ3n) is 5.18. The molecule has 4 rings (SSSR count). The molecule has 10 heteroatoms. The standard InChI is InChI=1S/C23H24BrF2N5O2/c1-23(2,3)33-22(32)30-12-10-29(11-13-30)17-4-5-18(20(26)19(17)25)31-14-16(24)21(28-31)15-6-8-27-9-7-15/h4-9,14H,10-13H2,1-3H3. The fourth-order valence-electron chi connectivity index (χ4n) is 3.59. The van der Waals surface area contributed by atoms with Crippen LogP contribution in [0.2, 0.25) is 0 Å². The summed E-state index contributed by atoms with van der Waals surface area (Å²) >= 11 is 3.44. The lowest BCUT2D eigenvalue weighted by molar-refractivity contribution is 0.0240. The molecule has 174 valence electrons. The van der Waals surface area contributed by atoms with Crippen LogP contribution in [0.5, 0.6) is 0 Å². The first-order chi connectivity index (χ1) is 15.6. The summed E-state index contributed by atoms with van der Waals surface area (Å²) in [7, 11) is 0. The molecule has 33 heavy (non-hydrogen) atoms. The predicted molar refractivity (Wildman–Crippen MR) is 124 cm³/mol. The minimum atomic E-state index is -0.988. The van der Waals surface area contributed by atoms with Crippen LogP contribution >= 0.6 is 15.9 Å². The predicted octanol–water partition coefficient (Wildman–Crippen LogP) is 5.03. The van der Waals surface area contributed by atoms with E-state index < -0.39 is 23.3 Å². The monoisotopic (exact) mass is 519 g/mol. The molecule has 2 aromatic heterocycles. The molecule has 1 aromatic carbocycles. The first kappa shape index (κ1) is 23.2. The molecule has 0 aliphatic carbocycles. The van der Waals surface area contributed by atoms with E-state index in [1.807, 2.05) is 0 Å². The molecule has 7 nitrogen and oxygen atoms in total. The third-order valence-corrected chi connectivity index (χ3v) is 5.76. The van der Waals surface area contributed by atoms with Crippen LogP contribution in [-0.4, -0.2) is 57.5 Å². The van der Waals surface area contributed by atoms with E-state index >= 15 is 8.78 Å². The summed E-state index contributed by atoms with van der Waals surface area (Å²) in [5.74, 6) is -1.94. The van der Waals surface area contributed by atoms with Crippen LogP contribution in [0.15, 0.2) is 47.3 Å². The minimum absolute atomic E-state index is 0.00430. The van der Waals surface area contributed by atoms with Crippen LogP contribution in [-0.2, 0) is 4.74 Å². The number of hydrogen-bond donors (Lipinski definition) is 0. The van der Waals surface area contributed by atoms with E-state index in [0.29, 0.717) is 36.3 Å². The van der Waals surface area contributed by atoms with Crippen LogP contribution in [0.25, 0.3) is 16.9 Å². The SMILES string of the molecule is CC(C)(C)OC(=O)N1CCN(c2ccc(-n3cc(Br)c(-c4ccncc4)n3)c(F)c2F)CC1. The Labute approximate surface area is 199 Å². The van der Waals surface area contributed by atoms with Gasteiger partial charge in [-0.1, -0.05) is 0 Å². The Hall–Kier alpha value is -3.01. The molecule has 0 atom stereocenters. The number of piperazine rings is 1. The first-order valence-electron chi connectivity index (χ1n) is 10.5. The van der Waals surface area contributed by atoms with Crippen molar-refractivity contribution in [2.45, 2.75) is 26.4 Å². The number of pyridine rings is 1. The molecular formula is C23H24BrF2N5O2. The van der Waals surface area contributed by atoms with Gasteiger partial charge in [0.1, 0.15) is 17.0 Å². The van der Waals surface area contributed by atoms with Crippen LogP contribution < -0.4 is 4.90 Å². The second-order valence-electron chi connectivity index (χ2n) is 8.69. The van der Waals surface area contributed by atoms with Crippen molar-refractivity contribution in [2.75, 3.05) is 31.1 Å². The van der Waals surface area contributed by atoms with Crippen molar-refractivity contribution >= 4 is 27.7 Å². The molecule has 3 aromatic rings. The molecule has 1 saturated heterocycles. The summed E-state index contributed by atoms with van der Waals surface area (Å²) in [6.07, 6.45) is 4.46. The van der Waals surface area contributed by atoms with Gasteiger partial charge in [-0.25, -0.2) is 18.3 Å². The van der Waals surface area contributed by atoms with E-state index in [4.69, 9.17) is 4.74 Å². The Morgan fingerprint density at radius 3 is 2.24 bits per heavy atom. The van der Waals surface area contributed by atoms with Gasteiger partial charge in [-0.3, -0.25) is 4.98 Å². The number of hydrogen-bond acceptors (Lipinski definition) is 5. The zero-order valence-electron chi connectivity index (χ0n) is 18.6. The highest BCUT2D eigenvalue weighted by Crippen LogP contribution is 2.31.